The molecule has 5 nitrogen and oxygen atoms in total. The third-order valence-corrected chi connectivity index (χ3v) is 4.04. The number of aliphatic imine (C=N–C) groups is 1. The molecule has 2 aromatic rings. The van der Waals surface area contributed by atoms with E-state index in [2.05, 4.69) is 21.5 Å². The Morgan fingerprint density at radius 1 is 1.50 bits per heavy atom. The zero-order valence-corrected chi connectivity index (χ0v) is 13.0. The van der Waals surface area contributed by atoms with Crippen molar-refractivity contribution < 1.29 is 4.52 Å². The standard InChI is InChI=1S/C13H17ClN4OS/c1-15-13(18(2)9-10-6-8-19-17-10)16-7-5-11-3-4-12(14)20-11/h3-4,6,8H,5,7,9H2,1-2H3,(H,15,16). The fourth-order valence-corrected chi connectivity index (χ4v) is 2.89. The lowest BCUT2D eigenvalue weighted by molar-refractivity contribution is 0.391. The van der Waals surface area contributed by atoms with Crippen molar-refractivity contribution in [3.05, 3.63) is 39.4 Å². The van der Waals surface area contributed by atoms with Crippen LogP contribution in [0.3, 0.4) is 0 Å². The molecule has 0 amide bonds. The highest BCUT2D eigenvalue weighted by Crippen LogP contribution is 2.21. The number of nitrogens with one attached hydrogen (secondary N) is 1. The molecule has 2 aromatic heterocycles. The monoisotopic (exact) mass is 312 g/mol. The average molecular weight is 313 g/mol. The van der Waals surface area contributed by atoms with Crippen LogP contribution in [0.5, 0.6) is 0 Å². The van der Waals surface area contributed by atoms with Crippen LogP contribution in [0, 0.1) is 0 Å². The summed E-state index contributed by atoms with van der Waals surface area (Å²) >= 11 is 7.52. The molecule has 0 unspecified atom stereocenters. The summed E-state index contributed by atoms with van der Waals surface area (Å²) in [5.41, 5.74) is 0.875. The minimum absolute atomic E-state index is 0.654. The molecule has 0 aliphatic carbocycles. The fraction of sp³-hybridized carbons (Fsp3) is 0.385. The van der Waals surface area contributed by atoms with E-state index in [0.29, 0.717) is 6.54 Å². The first-order valence-corrected chi connectivity index (χ1v) is 7.43. The first kappa shape index (κ1) is 14.9. The molecule has 7 heteroatoms. The molecule has 0 bridgehead atoms. The molecule has 0 saturated heterocycles. The molecular weight excluding hydrogens is 296 g/mol. The maximum Gasteiger partial charge on any atom is 0.193 e. The van der Waals surface area contributed by atoms with Crippen LogP contribution < -0.4 is 5.32 Å². The summed E-state index contributed by atoms with van der Waals surface area (Å²) in [4.78, 5) is 7.52. The van der Waals surface area contributed by atoms with Gasteiger partial charge in [0.25, 0.3) is 0 Å². The quantitative estimate of drug-likeness (QED) is 0.681. The van der Waals surface area contributed by atoms with Gasteiger partial charge in [0.15, 0.2) is 5.96 Å². The number of nitrogens with zero attached hydrogens (tertiary/aromatic N) is 3. The second-order valence-corrected chi connectivity index (χ2v) is 6.08. The molecule has 0 aromatic carbocycles. The number of thiophene rings is 1. The van der Waals surface area contributed by atoms with E-state index in [-0.39, 0.29) is 0 Å². The average Bonchev–Trinajstić information content (AvgIpc) is 3.06. The maximum atomic E-state index is 5.91. The number of hydrogen-bond donors (Lipinski definition) is 1. The van der Waals surface area contributed by atoms with E-state index in [1.54, 1.807) is 24.6 Å². The predicted octanol–water partition coefficient (Wildman–Crippen LogP) is 2.64. The van der Waals surface area contributed by atoms with E-state index in [1.807, 2.05) is 24.1 Å². The van der Waals surface area contributed by atoms with E-state index in [0.717, 1.165) is 29.0 Å². The highest BCUT2D eigenvalue weighted by Gasteiger charge is 2.08. The minimum Gasteiger partial charge on any atom is -0.364 e. The molecule has 108 valence electrons. The Bertz CT molecular complexity index is 552. The van der Waals surface area contributed by atoms with Gasteiger partial charge < -0.3 is 14.7 Å². The van der Waals surface area contributed by atoms with Crippen molar-refractivity contribution in [2.24, 2.45) is 4.99 Å². The molecule has 1 N–H and O–H groups in total. The van der Waals surface area contributed by atoms with Crippen molar-refractivity contribution >= 4 is 28.9 Å². The van der Waals surface area contributed by atoms with Gasteiger partial charge in [-0.25, -0.2) is 0 Å². The van der Waals surface area contributed by atoms with Gasteiger partial charge in [0.1, 0.15) is 12.0 Å². The van der Waals surface area contributed by atoms with Crippen molar-refractivity contribution in [3.63, 3.8) is 0 Å². The van der Waals surface area contributed by atoms with Gasteiger partial charge in [0, 0.05) is 31.6 Å². The SMILES string of the molecule is CN=C(NCCc1ccc(Cl)s1)N(C)Cc1ccon1. The molecule has 0 aliphatic rings. The molecule has 0 radical (unpaired) electrons. The Kier molecular flexibility index (Phi) is 5.43. The Balaban J connectivity index is 1.80. The zero-order valence-electron chi connectivity index (χ0n) is 11.5. The van der Waals surface area contributed by atoms with Gasteiger partial charge in [0.2, 0.25) is 0 Å². The Labute approximate surface area is 127 Å². The molecule has 0 atom stereocenters. The van der Waals surface area contributed by atoms with Crippen molar-refractivity contribution in [2.75, 3.05) is 20.6 Å². The van der Waals surface area contributed by atoms with Crippen LogP contribution in [0.2, 0.25) is 4.34 Å². The van der Waals surface area contributed by atoms with Crippen LogP contribution in [0.4, 0.5) is 0 Å². The van der Waals surface area contributed by atoms with E-state index < -0.39 is 0 Å². The van der Waals surface area contributed by atoms with Gasteiger partial charge in [-0.2, -0.15) is 0 Å². The topological polar surface area (TPSA) is 53.7 Å². The van der Waals surface area contributed by atoms with Crippen LogP contribution in [0.1, 0.15) is 10.6 Å². The van der Waals surface area contributed by atoms with Crippen LogP contribution in [-0.2, 0) is 13.0 Å². The summed E-state index contributed by atoms with van der Waals surface area (Å²) in [5.74, 6) is 0.829. The van der Waals surface area contributed by atoms with Crippen molar-refractivity contribution in [3.8, 4) is 0 Å². The molecule has 0 fully saturated rings. The maximum absolute atomic E-state index is 5.91. The van der Waals surface area contributed by atoms with Crippen molar-refractivity contribution in [2.45, 2.75) is 13.0 Å². The van der Waals surface area contributed by atoms with Crippen molar-refractivity contribution in [1.29, 1.82) is 0 Å². The Morgan fingerprint density at radius 2 is 2.35 bits per heavy atom. The predicted molar refractivity (Wildman–Crippen MR) is 82.4 cm³/mol. The molecule has 20 heavy (non-hydrogen) atoms. The first-order chi connectivity index (χ1) is 9.69. The number of hydrogen-bond acceptors (Lipinski definition) is 4. The molecular formula is C13H17ClN4OS. The molecule has 0 spiro atoms. The Morgan fingerprint density at radius 3 is 2.95 bits per heavy atom. The largest absolute Gasteiger partial charge is 0.364 e. The van der Waals surface area contributed by atoms with E-state index in [4.69, 9.17) is 16.1 Å². The number of guanidine groups is 1. The normalized spacial score (nSPS) is 11.7. The van der Waals surface area contributed by atoms with Gasteiger partial charge >= 0.3 is 0 Å². The fourth-order valence-electron chi connectivity index (χ4n) is 1.81. The number of aromatic nitrogens is 1. The smallest absolute Gasteiger partial charge is 0.193 e. The summed E-state index contributed by atoms with van der Waals surface area (Å²) < 4.78 is 5.65. The van der Waals surface area contributed by atoms with Crippen LogP contribution >= 0.6 is 22.9 Å². The minimum atomic E-state index is 0.654. The lowest BCUT2D eigenvalue weighted by atomic mass is 10.3. The highest BCUT2D eigenvalue weighted by atomic mass is 35.5. The van der Waals surface area contributed by atoms with Gasteiger partial charge in [-0.3, -0.25) is 4.99 Å². The number of halogens is 1. The van der Waals surface area contributed by atoms with E-state index in [9.17, 15) is 0 Å². The molecule has 0 aliphatic heterocycles. The summed E-state index contributed by atoms with van der Waals surface area (Å²) in [6.07, 6.45) is 2.49. The molecule has 0 saturated carbocycles. The van der Waals surface area contributed by atoms with Crippen LogP contribution in [0.25, 0.3) is 0 Å². The van der Waals surface area contributed by atoms with Crippen LogP contribution in [0.15, 0.2) is 34.0 Å². The third kappa shape index (κ3) is 4.25. The van der Waals surface area contributed by atoms with E-state index >= 15 is 0 Å². The second-order valence-electron chi connectivity index (χ2n) is 4.28. The van der Waals surface area contributed by atoms with E-state index in [1.165, 1.54) is 4.88 Å². The number of rotatable bonds is 5. The third-order valence-electron chi connectivity index (χ3n) is 2.75. The van der Waals surface area contributed by atoms with Gasteiger partial charge in [-0.1, -0.05) is 16.8 Å². The second kappa shape index (κ2) is 7.31. The van der Waals surface area contributed by atoms with Gasteiger partial charge in [0.05, 0.1) is 10.9 Å². The van der Waals surface area contributed by atoms with Crippen LogP contribution in [-0.4, -0.2) is 36.7 Å². The zero-order chi connectivity index (χ0) is 14.4. The molecule has 2 heterocycles. The van der Waals surface area contributed by atoms with Gasteiger partial charge in [-0.15, -0.1) is 11.3 Å². The highest BCUT2D eigenvalue weighted by molar-refractivity contribution is 7.16. The van der Waals surface area contributed by atoms with Crippen molar-refractivity contribution in [1.82, 2.24) is 15.4 Å². The summed E-state index contributed by atoms with van der Waals surface area (Å²) in [6, 6.07) is 5.82. The van der Waals surface area contributed by atoms with Gasteiger partial charge in [-0.05, 0) is 18.6 Å². The lowest BCUT2D eigenvalue weighted by Gasteiger charge is -2.20. The first-order valence-electron chi connectivity index (χ1n) is 6.24. The summed E-state index contributed by atoms with van der Waals surface area (Å²) in [6.45, 7) is 1.47. The Hall–Kier alpha value is -1.53. The molecule has 2 rings (SSSR count). The lowest BCUT2D eigenvalue weighted by Crippen LogP contribution is -2.39. The summed E-state index contributed by atoms with van der Waals surface area (Å²) in [7, 11) is 3.73. The summed E-state index contributed by atoms with van der Waals surface area (Å²) in [5, 5.41) is 7.21.